The number of rotatable bonds is 5. The third-order valence-electron chi connectivity index (χ3n) is 8.49. The summed E-state index contributed by atoms with van der Waals surface area (Å²) in [4.78, 5) is 13.7. The molecule has 2 bridgehead atoms. The van der Waals surface area contributed by atoms with Gasteiger partial charge < -0.3 is 15.2 Å². The van der Waals surface area contributed by atoms with Gasteiger partial charge in [-0.25, -0.2) is 9.97 Å². The Kier molecular flexibility index (Phi) is 4.51. The van der Waals surface area contributed by atoms with Crippen LogP contribution in [0.2, 0.25) is 0 Å². The zero-order valence-electron chi connectivity index (χ0n) is 19.3. The second kappa shape index (κ2) is 6.95. The van der Waals surface area contributed by atoms with Gasteiger partial charge in [0.15, 0.2) is 0 Å². The third kappa shape index (κ3) is 3.07. The Morgan fingerprint density at radius 3 is 2.55 bits per heavy atom. The largest absolute Gasteiger partial charge is 0.419 e. The molecule has 5 atom stereocenters. The van der Waals surface area contributed by atoms with Crippen LogP contribution >= 0.6 is 0 Å². The van der Waals surface area contributed by atoms with Gasteiger partial charge in [0.1, 0.15) is 11.6 Å². The maximum absolute atomic E-state index is 13.4. The first kappa shape index (κ1) is 21.4. The smallest absolute Gasteiger partial charge is 0.383 e. The second-order valence-electron chi connectivity index (χ2n) is 10.9. The molecule has 2 aromatic heterocycles. The molecule has 1 aliphatic heterocycles. The summed E-state index contributed by atoms with van der Waals surface area (Å²) in [7, 11) is 2.18. The second-order valence-corrected chi connectivity index (χ2v) is 10.9. The van der Waals surface area contributed by atoms with E-state index in [0.29, 0.717) is 41.0 Å². The van der Waals surface area contributed by atoms with Gasteiger partial charge in [-0.3, -0.25) is 4.90 Å². The van der Waals surface area contributed by atoms with E-state index in [2.05, 4.69) is 40.2 Å². The summed E-state index contributed by atoms with van der Waals surface area (Å²) < 4.78 is 42.6. The van der Waals surface area contributed by atoms with E-state index in [4.69, 9.17) is 10.7 Å². The van der Waals surface area contributed by atoms with Crippen molar-refractivity contribution in [3.8, 4) is 11.3 Å². The van der Waals surface area contributed by atoms with Gasteiger partial charge in [0, 0.05) is 62.5 Å². The molecule has 0 amide bonds. The van der Waals surface area contributed by atoms with Crippen molar-refractivity contribution < 1.29 is 13.2 Å². The molecule has 3 heterocycles. The summed E-state index contributed by atoms with van der Waals surface area (Å²) in [5.41, 5.74) is 5.69. The molecule has 1 saturated heterocycles. The summed E-state index contributed by atoms with van der Waals surface area (Å²) >= 11 is 0. The topological polar surface area (TPSA) is 63.2 Å². The number of nitrogen functional groups attached to an aromatic ring is 1. The molecule has 0 aromatic carbocycles. The number of halogens is 3. The van der Waals surface area contributed by atoms with Gasteiger partial charge in [-0.1, -0.05) is 13.8 Å². The number of aromatic nitrogens is 3. The third-order valence-corrected chi connectivity index (χ3v) is 8.49. The van der Waals surface area contributed by atoms with Crippen molar-refractivity contribution in [1.82, 2.24) is 24.3 Å². The number of pyridine rings is 1. The molecule has 5 fully saturated rings. The number of nitrogens with two attached hydrogens (primary N) is 1. The molecule has 2 N–H and O–H groups in total. The molecule has 4 saturated carbocycles. The molecule has 7 rings (SSSR count). The molecule has 178 valence electrons. The highest BCUT2D eigenvalue weighted by Crippen LogP contribution is 2.89. The Hall–Kier alpha value is -2.13. The number of alkyl halides is 3. The van der Waals surface area contributed by atoms with E-state index in [1.807, 2.05) is 6.20 Å². The SMILES string of the molecule is CC(C)Cc1nc(-c2cnc(N)c(C(F)(F)F)c2)cn1[C@]12C3C(N4CCN(C)CC4)C[C@@H]1[C@H]32. The summed E-state index contributed by atoms with van der Waals surface area (Å²) in [5.74, 6) is 2.92. The minimum Gasteiger partial charge on any atom is -0.383 e. The van der Waals surface area contributed by atoms with Crippen molar-refractivity contribution in [1.29, 1.82) is 0 Å². The van der Waals surface area contributed by atoms with Crippen LogP contribution in [0, 0.1) is 23.7 Å². The van der Waals surface area contributed by atoms with Crippen LogP contribution in [0.1, 0.15) is 31.7 Å². The molecule has 0 spiro atoms. The molecule has 6 nitrogen and oxygen atoms in total. The Morgan fingerprint density at radius 1 is 1.18 bits per heavy atom. The molecule has 33 heavy (non-hydrogen) atoms. The standard InChI is InChI=1S/C24H31F3N6/c1-13(2)8-19-30-17(14-9-16(24(25,26)27)22(28)29-11-14)12-33(19)23-15-10-18(21(23)20(15)23)32-6-4-31(3)5-7-32/h9,11-13,15,18,20-21H,4-8,10H2,1-3H3,(H2,28,29)/t15-,18?,20-,21?,23-/m1/s1. The van der Waals surface area contributed by atoms with Gasteiger partial charge in [0.25, 0.3) is 0 Å². The minimum absolute atomic E-state index is 0.136. The van der Waals surface area contributed by atoms with Crippen molar-refractivity contribution in [3.63, 3.8) is 0 Å². The van der Waals surface area contributed by atoms with E-state index in [9.17, 15) is 13.2 Å². The Bertz CT molecular complexity index is 1080. The van der Waals surface area contributed by atoms with Crippen LogP contribution in [0.15, 0.2) is 18.5 Å². The molecule has 2 aromatic rings. The van der Waals surface area contributed by atoms with E-state index < -0.39 is 17.6 Å². The zero-order valence-corrected chi connectivity index (χ0v) is 19.3. The maximum Gasteiger partial charge on any atom is 0.419 e. The minimum atomic E-state index is -4.54. The summed E-state index contributed by atoms with van der Waals surface area (Å²) in [6.07, 6.45) is 0.899. The first-order chi connectivity index (χ1) is 15.6. The van der Waals surface area contributed by atoms with Gasteiger partial charge in [-0.05, 0) is 37.3 Å². The van der Waals surface area contributed by atoms with E-state index >= 15 is 0 Å². The van der Waals surface area contributed by atoms with Crippen molar-refractivity contribution in [2.24, 2.45) is 23.7 Å². The number of likely N-dealkylation sites (N-methyl/N-ethyl adjacent to an activating group) is 1. The predicted octanol–water partition coefficient (Wildman–Crippen LogP) is 3.34. The average molecular weight is 461 g/mol. The van der Waals surface area contributed by atoms with Crippen LogP contribution in [0.25, 0.3) is 11.3 Å². The summed E-state index contributed by atoms with van der Waals surface area (Å²) in [6.45, 7) is 8.79. The lowest BCUT2D eigenvalue weighted by molar-refractivity contribution is -0.137. The molecule has 2 unspecified atom stereocenters. The van der Waals surface area contributed by atoms with E-state index in [-0.39, 0.29) is 5.54 Å². The van der Waals surface area contributed by atoms with Crippen molar-refractivity contribution >= 4 is 5.82 Å². The zero-order chi connectivity index (χ0) is 23.3. The molecular weight excluding hydrogens is 429 g/mol. The number of hydrogen-bond donors (Lipinski definition) is 1. The molecule has 9 heteroatoms. The van der Waals surface area contributed by atoms with E-state index in [1.165, 1.54) is 12.6 Å². The lowest BCUT2D eigenvalue weighted by Gasteiger charge is -2.36. The Labute approximate surface area is 192 Å². The normalized spacial score (nSPS) is 33.5. The van der Waals surface area contributed by atoms with Crippen LogP contribution in [0.4, 0.5) is 19.0 Å². The number of anilines is 1. The Morgan fingerprint density at radius 2 is 1.91 bits per heavy atom. The lowest BCUT2D eigenvalue weighted by atomic mass is 10.1. The first-order valence-electron chi connectivity index (χ1n) is 12.0. The average Bonchev–Trinajstić information content (AvgIpc) is 3.31. The first-order valence-corrected chi connectivity index (χ1v) is 12.0. The molecule has 5 aliphatic rings. The monoisotopic (exact) mass is 460 g/mol. The van der Waals surface area contributed by atoms with E-state index in [1.54, 1.807) is 0 Å². The number of piperazine rings is 1. The quantitative estimate of drug-likeness (QED) is 0.742. The van der Waals surface area contributed by atoms with Crippen molar-refractivity contribution in [2.45, 2.75) is 44.4 Å². The number of nitrogens with zero attached hydrogens (tertiary/aromatic N) is 5. The van der Waals surface area contributed by atoms with Crippen LogP contribution in [0.3, 0.4) is 0 Å². The van der Waals surface area contributed by atoms with Gasteiger partial charge in [0.2, 0.25) is 0 Å². The van der Waals surface area contributed by atoms with Gasteiger partial charge >= 0.3 is 6.18 Å². The van der Waals surface area contributed by atoms with Crippen LogP contribution in [-0.4, -0.2) is 63.6 Å². The van der Waals surface area contributed by atoms with E-state index in [0.717, 1.165) is 44.5 Å². The molecule has 0 radical (unpaired) electrons. The van der Waals surface area contributed by atoms with Crippen molar-refractivity contribution in [3.05, 3.63) is 29.8 Å². The molecular formula is C24H31F3N6. The van der Waals surface area contributed by atoms with Crippen LogP contribution in [0.5, 0.6) is 0 Å². The summed E-state index contributed by atoms with van der Waals surface area (Å²) in [6, 6.07) is 1.71. The van der Waals surface area contributed by atoms with Gasteiger partial charge in [0.05, 0.1) is 16.8 Å². The van der Waals surface area contributed by atoms with Crippen molar-refractivity contribution in [2.75, 3.05) is 39.0 Å². The highest BCUT2D eigenvalue weighted by Gasteiger charge is 2.93. The lowest BCUT2D eigenvalue weighted by Crippen LogP contribution is -2.49. The summed E-state index contributed by atoms with van der Waals surface area (Å²) in [5, 5.41) is 0. The fourth-order valence-corrected chi connectivity index (χ4v) is 6.89. The fraction of sp³-hybridized carbons (Fsp3) is 0.667. The van der Waals surface area contributed by atoms with Crippen LogP contribution in [-0.2, 0) is 18.1 Å². The maximum atomic E-state index is 13.4. The van der Waals surface area contributed by atoms with Crippen LogP contribution < -0.4 is 5.73 Å². The number of imidazole rings is 1. The molecule has 4 aliphatic carbocycles. The highest BCUT2D eigenvalue weighted by atomic mass is 19.4. The van der Waals surface area contributed by atoms with Gasteiger partial charge in [-0.15, -0.1) is 0 Å². The Balaban J connectivity index is 1.32. The highest BCUT2D eigenvalue weighted by molar-refractivity contribution is 5.63. The fourth-order valence-electron chi connectivity index (χ4n) is 6.89. The predicted molar refractivity (Wildman–Crippen MR) is 119 cm³/mol. The van der Waals surface area contributed by atoms with Gasteiger partial charge in [-0.2, -0.15) is 13.2 Å². The number of fused-ring (bicyclic) bond motifs is 1. The number of hydrogen-bond acceptors (Lipinski definition) is 5.